The van der Waals surface area contributed by atoms with Crippen LogP contribution >= 0.6 is 11.3 Å². The van der Waals surface area contributed by atoms with Crippen molar-refractivity contribution in [3.63, 3.8) is 0 Å². The fourth-order valence-corrected chi connectivity index (χ4v) is 7.72. The fraction of sp³-hybridized carbons (Fsp3) is 0.346. The van der Waals surface area contributed by atoms with E-state index in [-0.39, 0.29) is 29.1 Å². The van der Waals surface area contributed by atoms with Crippen LogP contribution in [0.5, 0.6) is 0 Å². The van der Waals surface area contributed by atoms with E-state index in [1.807, 2.05) is 35.2 Å². The van der Waals surface area contributed by atoms with Crippen molar-refractivity contribution in [3.05, 3.63) is 83.2 Å². The van der Waals surface area contributed by atoms with Gasteiger partial charge in [-0.25, -0.2) is 8.42 Å². The minimum Gasteiger partial charge on any atom is -0.368 e. The number of thiophene rings is 1. The van der Waals surface area contributed by atoms with E-state index >= 15 is 0 Å². The van der Waals surface area contributed by atoms with Crippen LogP contribution in [0.3, 0.4) is 0 Å². The highest BCUT2D eigenvalue weighted by Gasteiger charge is 2.45. The molecule has 2 atom stereocenters. The summed E-state index contributed by atoms with van der Waals surface area (Å²) in [5, 5.41) is 1.71. The molecule has 1 amide bonds. The molecule has 37 heavy (non-hydrogen) atoms. The second-order valence-corrected chi connectivity index (χ2v) is 12.4. The quantitative estimate of drug-likeness (QED) is 0.470. The van der Waals surface area contributed by atoms with Gasteiger partial charge < -0.3 is 9.80 Å². The molecule has 0 bridgehead atoms. The summed E-state index contributed by atoms with van der Waals surface area (Å²) in [4.78, 5) is 17.3. The number of benzene rings is 2. The standard InChI is InChI=1S/C26H26F3N3O3S2/c27-26(28,29)20-8-4-9-21(16-20)30-11-13-31(14-12-30)25(33)23-18-32(37(34,35)24-10-5-15-36-24)17-22(23)19-6-2-1-3-7-19/h1-10,15-16,22-23H,11-14,17-18H2. The van der Waals surface area contributed by atoms with Gasteiger partial charge in [-0.2, -0.15) is 17.5 Å². The highest BCUT2D eigenvalue weighted by Crippen LogP contribution is 2.38. The van der Waals surface area contributed by atoms with Crippen LogP contribution in [0, 0.1) is 5.92 Å². The number of alkyl halides is 3. The van der Waals surface area contributed by atoms with Crippen LogP contribution in [-0.2, 0) is 21.0 Å². The Hall–Kier alpha value is -2.89. The van der Waals surface area contributed by atoms with E-state index in [9.17, 15) is 26.4 Å². The highest BCUT2D eigenvalue weighted by atomic mass is 32.2. The average Bonchev–Trinajstić information content (AvgIpc) is 3.60. The lowest BCUT2D eigenvalue weighted by atomic mass is 9.88. The topological polar surface area (TPSA) is 60.9 Å². The number of nitrogens with zero attached hydrogens (tertiary/aromatic N) is 3. The monoisotopic (exact) mass is 549 g/mol. The van der Waals surface area contributed by atoms with Crippen molar-refractivity contribution in [2.45, 2.75) is 16.3 Å². The van der Waals surface area contributed by atoms with Crippen LogP contribution < -0.4 is 4.90 Å². The molecule has 3 aromatic rings. The largest absolute Gasteiger partial charge is 0.416 e. The predicted molar refractivity (Wildman–Crippen MR) is 136 cm³/mol. The molecule has 0 spiro atoms. The van der Waals surface area contributed by atoms with Crippen molar-refractivity contribution < 1.29 is 26.4 Å². The number of hydrogen-bond acceptors (Lipinski definition) is 5. The summed E-state index contributed by atoms with van der Waals surface area (Å²) >= 11 is 1.15. The smallest absolute Gasteiger partial charge is 0.368 e. The molecule has 2 unspecified atom stereocenters. The van der Waals surface area contributed by atoms with E-state index in [2.05, 4.69) is 0 Å². The van der Waals surface area contributed by atoms with E-state index in [4.69, 9.17) is 0 Å². The number of piperazine rings is 1. The second-order valence-electron chi connectivity index (χ2n) is 9.24. The van der Waals surface area contributed by atoms with E-state index in [1.165, 1.54) is 10.4 Å². The number of rotatable bonds is 5. The fourth-order valence-electron chi connectivity index (χ4n) is 5.09. The van der Waals surface area contributed by atoms with E-state index < -0.39 is 27.7 Å². The van der Waals surface area contributed by atoms with Gasteiger partial charge in [-0.15, -0.1) is 11.3 Å². The summed E-state index contributed by atoms with van der Waals surface area (Å²) in [7, 11) is -3.71. The van der Waals surface area contributed by atoms with Crippen LogP contribution in [0.1, 0.15) is 17.0 Å². The number of carbonyl (C=O) groups is 1. The minimum absolute atomic E-state index is 0.0898. The maximum absolute atomic E-state index is 13.7. The first-order valence-electron chi connectivity index (χ1n) is 11.9. The second kappa shape index (κ2) is 10.1. The predicted octanol–water partition coefficient (Wildman–Crippen LogP) is 4.52. The Bertz CT molecular complexity index is 1340. The summed E-state index contributed by atoms with van der Waals surface area (Å²) in [6, 6.07) is 17.9. The molecule has 5 rings (SSSR count). The van der Waals surface area contributed by atoms with Crippen molar-refractivity contribution in [1.29, 1.82) is 0 Å². The summed E-state index contributed by atoms with van der Waals surface area (Å²) in [5.41, 5.74) is 0.678. The number of halogens is 3. The minimum atomic E-state index is -4.42. The lowest BCUT2D eigenvalue weighted by Gasteiger charge is -2.38. The molecular formula is C26H26F3N3O3S2. The van der Waals surface area contributed by atoms with Crippen LogP contribution in [0.15, 0.2) is 76.3 Å². The lowest BCUT2D eigenvalue weighted by Crippen LogP contribution is -2.51. The first kappa shape index (κ1) is 25.7. The molecule has 2 aliphatic rings. The Morgan fingerprint density at radius 2 is 1.62 bits per heavy atom. The van der Waals surface area contributed by atoms with Crippen LogP contribution in [0.2, 0.25) is 0 Å². The van der Waals surface area contributed by atoms with Crippen LogP contribution in [-0.4, -0.2) is 62.8 Å². The molecule has 0 radical (unpaired) electrons. The van der Waals surface area contributed by atoms with Gasteiger partial charge in [0, 0.05) is 50.9 Å². The number of hydrogen-bond donors (Lipinski definition) is 0. The molecule has 2 fully saturated rings. The summed E-state index contributed by atoms with van der Waals surface area (Å²) in [6.07, 6.45) is -4.42. The van der Waals surface area contributed by atoms with Crippen molar-refractivity contribution in [1.82, 2.24) is 9.21 Å². The molecule has 2 saturated heterocycles. The molecule has 0 aliphatic carbocycles. The van der Waals surface area contributed by atoms with Crippen molar-refractivity contribution in [2.24, 2.45) is 5.92 Å². The van der Waals surface area contributed by atoms with Crippen molar-refractivity contribution in [3.8, 4) is 0 Å². The zero-order valence-electron chi connectivity index (χ0n) is 19.8. The third-order valence-corrected chi connectivity index (χ3v) is 10.3. The van der Waals surface area contributed by atoms with Crippen molar-refractivity contribution >= 4 is 33.0 Å². The Morgan fingerprint density at radius 3 is 2.27 bits per heavy atom. The molecular weight excluding hydrogens is 523 g/mol. The molecule has 1 aromatic heterocycles. The molecule has 2 aromatic carbocycles. The van der Waals surface area contributed by atoms with Gasteiger partial charge in [0.25, 0.3) is 10.0 Å². The van der Waals surface area contributed by atoms with Gasteiger partial charge in [-0.1, -0.05) is 42.5 Å². The van der Waals surface area contributed by atoms with E-state index in [0.717, 1.165) is 29.0 Å². The SMILES string of the molecule is O=C(C1CN(S(=O)(=O)c2cccs2)CC1c1ccccc1)N1CCN(c2cccc(C(F)(F)F)c2)CC1. The Morgan fingerprint density at radius 1 is 0.892 bits per heavy atom. The molecule has 11 heteroatoms. The van der Waals surface area contributed by atoms with Gasteiger partial charge in [-0.3, -0.25) is 4.79 Å². The van der Waals surface area contributed by atoms with Gasteiger partial charge in [0.1, 0.15) is 4.21 Å². The Labute approximate surface area is 218 Å². The summed E-state index contributed by atoms with van der Waals surface area (Å²) in [6.45, 7) is 1.80. The lowest BCUT2D eigenvalue weighted by molar-refractivity contribution is -0.137. The van der Waals surface area contributed by atoms with Crippen LogP contribution in [0.4, 0.5) is 18.9 Å². The van der Waals surface area contributed by atoms with Gasteiger partial charge >= 0.3 is 6.18 Å². The summed E-state index contributed by atoms with van der Waals surface area (Å²) in [5.74, 6) is -0.955. The number of amides is 1. The number of sulfonamides is 1. The molecule has 0 N–H and O–H groups in total. The Balaban J connectivity index is 1.32. The maximum Gasteiger partial charge on any atom is 0.416 e. The normalized spacial score (nSPS) is 21.4. The highest BCUT2D eigenvalue weighted by molar-refractivity contribution is 7.91. The molecule has 0 saturated carbocycles. The zero-order valence-corrected chi connectivity index (χ0v) is 21.5. The molecule has 3 heterocycles. The summed E-state index contributed by atoms with van der Waals surface area (Å²) < 4.78 is 67.6. The molecule has 6 nitrogen and oxygen atoms in total. The third kappa shape index (κ3) is 5.25. The third-order valence-electron chi connectivity index (χ3n) is 7.05. The zero-order chi connectivity index (χ0) is 26.2. The van der Waals surface area contributed by atoms with Gasteiger partial charge in [0.15, 0.2) is 0 Å². The first-order chi connectivity index (χ1) is 17.6. The maximum atomic E-state index is 13.7. The van der Waals surface area contributed by atoms with E-state index in [0.29, 0.717) is 31.9 Å². The number of anilines is 1. The first-order valence-corrected chi connectivity index (χ1v) is 14.3. The van der Waals surface area contributed by atoms with Crippen LogP contribution in [0.25, 0.3) is 0 Å². The van der Waals surface area contributed by atoms with Crippen molar-refractivity contribution in [2.75, 3.05) is 44.2 Å². The Kier molecular flexibility index (Phi) is 7.03. The number of carbonyl (C=O) groups excluding carboxylic acids is 1. The average molecular weight is 550 g/mol. The van der Waals surface area contributed by atoms with Gasteiger partial charge in [0.2, 0.25) is 5.91 Å². The van der Waals surface area contributed by atoms with Gasteiger partial charge in [-0.05, 0) is 35.2 Å². The molecule has 2 aliphatic heterocycles. The van der Waals surface area contributed by atoms with E-state index in [1.54, 1.807) is 28.5 Å². The molecule has 196 valence electrons. The van der Waals surface area contributed by atoms with Gasteiger partial charge in [0.05, 0.1) is 11.5 Å².